The Kier molecular flexibility index (Phi) is 5.95. The number of carbonyl (C=O) groups excluding carboxylic acids is 1. The Labute approximate surface area is 160 Å². The highest BCUT2D eigenvalue weighted by Gasteiger charge is 2.18. The Hall–Kier alpha value is -2.32. The van der Waals surface area contributed by atoms with Crippen LogP contribution in [0.4, 0.5) is 0 Å². The fourth-order valence-corrected chi connectivity index (χ4v) is 4.03. The molecule has 0 bridgehead atoms. The van der Waals surface area contributed by atoms with Gasteiger partial charge in [-0.3, -0.25) is 9.36 Å². The second-order valence-corrected chi connectivity index (χ2v) is 7.49. The van der Waals surface area contributed by atoms with Crippen LogP contribution in [0.25, 0.3) is 11.4 Å². The number of hydrogen-bond donors (Lipinski definition) is 0. The van der Waals surface area contributed by atoms with Crippen molar-refractivity contribution in [3.63, 3.8) is 0 Å². The lowest BCUT2D eigenvalue weighted by atomic mass is 10.2. The number of allylic oxidation sites excluding steroid dienone is 1. The fourth-order valence-electron chi connectivity index (χ4n) is 2.49. The molecule has 0 aromatic carbocycles. The minimum atomic E-state index is 0.0513. The lowest BCUT2D eigenvalue weighted by Crippen LogP contribution is -2.27. The summed E-state index contributed by atoms with van der Waals surface area (Å²) in [6, 6.07) is 3.90. The van der Waals surface area contributed by atoms with E-state index < -0.39 is 0 Å². The quantitative estimate of drug-likeness (QED) is 0.433. The summed E-state index contributed by atoms with van der Waals surface area (Å²) in [5.74, 6) is 1.86. The summed E-state index contributed by atoms with van der Waals surface area (Å²) < 4.78 is 7.31. The lowest BCUT2D eigenvalue weighted by Gasteiger charge is -2.16. The molecule has 0 aliphatic carbocycles. The third-order valence-electron chi connectivity index (χ3n) is 3.88. The summed E-state index contributed by atoms with van der Waals surface area (Å²) in [4.78, 5) is 14.1. The molecule has 3 rings (SSSR count). The number of aromatic nitrogens is 3. The first-order chi connectivity index (χ1) is 12.6. The van der Waals surface area contributed by atoms with Gasteiger partial charge in [0.1, 0.15) is 5.76 Å². The molecule has 0 radical (unpaired) electrons. The van der Waals surface area contributed by atoms with Crippen LogP contribution in [0, 0.1) is 6.92 Å². The molecule has 0 unspecified atom stereocenters. The molecule has 0 saturated carbocycles. The van der Waals surface area contributed by atoms with Gasteiger partial charge in [0, 0.05) is 20.1 Å². The largest absolute Gasteiger partial charge is 0.469 e. The number of nitrogens with zero attached hydrogens (tertiary/aromatic N) is 4. The van der Waals surface area contributed by atoms with Crippen molar-refractivity contribution in [1.82, 2.24) is 19.7 Å². The molecule has 26 heavy (non-hydrogen) atoms. The van der Waals surface area contributed by atoms with Gasteiger partial charge in [0.2, 0.25) is 5.91 Å². The zero-order chi connectivity index (χ0) is 18.5. The van der Waals surface area contributed by atoms with Crippen molar-refractivity contribution >= 4 is 29.0 Å². The molecule has 6 nitrogen and oxygen atoms in total. The van der Waals surface area contributed by atoms with Gasteiger partial charge in [0.15, 0.2) is 11.0 Å². The number of thioether (sulfide) groups is 1. The molecule has 0 aliphatic rings. The highest BCUT2D eigenvalue weighted by molar-refractivity contribution is 7.99. The van der Waals surface area contributed by atoms with E-state index in [1.54, 1.807) is 28.6 Å². The van der Waals surface area contributed by atoms with Crippen LogP contribution in [0.15, 0.2) is 51.4 Å². The first kappa shape index (κ1) is 18.5. The summed E-state index contributed by atoms with van der Waals surface area (Å²) in [6.07, 6.45) is 3.42. The van der Waals surface area contributed by atoms with Crippen LogP contribution in [-0.2, 0) is 17.9 Å². The fraction of sp³-hybridized carbons (Fsp3) is 0.278. The molecule has 0 saturated heterocycles. The Bertz CT molecular complexity index is 883. The van der Waals surface area contributed by atoms with E-state index in [2.05, 4.69) is 22.2 Å². The van der Waals surface area contributed by atoms with Crippen LogP contribution in [0.1, 0.15) is 11.3 Å². The van der Waals surface area contributed by atoms with E-state index in [1.807, 2.05) is 36.1 Å². The van der Waals surface area contributed by atoms with Crippen molar-refractivity contribution in [2.75, 3.05) is 12.8 Å². The van der Waals surface area contributed by atoms with Gasteiger partial charge < -0.3 is 9.32 Å². The molecule has 0 N–H and O–H groups in total. The van der Waals surface area contributed by atoms with Crippen LogP contribution in [0.3, 0.4) is 0 Å². The van der Waals surface area contributed by atoms with Gasteiger partial charge in [-0.25, -0.2) is 0 Å². The van der Waals surface area contributed by atoms with Gasteiger partial charge in [-0.05, 0) is 35.4 Å². The molecule has 0 aliphatic heterocycles. The summed E-state index contributed by atoms with van der Waals surface area (Å²) in [5, 5.41) is 13.3. The van der Waals surface area contributed by atoms with Crippen LogP contribution in [-0.4, -0.2) is 38.4 Å². The van der Waals surface area contributed by atoms with Gasteiger partial charge in [0.25, 0.3) is 0 Å². The maximum Gasteiger partial charge on any atom is 0.233 e. The van der Waals surface area contributed by atoms with Crippen molar-refractivity contribution in [2.24, 2.45) is 0 Å². The number of carbonyl (C=O) groups is 1. The Morgan fingerprint density at radius 1 is 1.46 bits per heavy atom. The van der Waals surface area contributed by atoms with Crippen molar-refractivity contribution in [3.8, 4) is 11.4 Å². The molecule has 3 heterocycles. The van der Waals surface area contributed by atoms with Crippen LogP contribution >= 0.6 is 23.1 Å². The third-order valence-corrected chi connectivity index (χ3v) is 5.56. The Morgan fingerprint density at radius 2 is 2.31 bits per heavy atom. The predicted octanol–water partition coefficient (Wildman–Crippen LogP) is 3.84. The van der Waals surface area contributed by atoms with E-state index in [0.717, 1.165) is 22.7 Å². The molecule has 8 heteroatoms. The second kappa shape index (κ2) is 8.37. The van der Waals surface area contributed by atoms with E-state index in [4.69, 9.17) is 4.42 Å². The Balaban J connectivity index is 1.69. The zero-order valence-electron chi connectivity index (χ0n) is 14.7. The number of rotatable bonds is 8. The van der Waals surface area contributed by atoms with Gasteiger partial charge >= 0.3 is 0 Å². The highest BCUT2D eigenvalue weighted by Crippen LogP contribution is 2.27. The van der Waals surface area contributed by atoms with Crippen molar-refractivity contribution in [2.45, 2.75) is 25.2 Å². The van der Waals surface area contributed by atoms with Gasteiger partial charge in [0.05, 0.1) is 17.6 Å². The molecular formula is C18H20N4O2S2. The van der Waals surface area contributed by atoms with E-state index >= 15 is 0 Å². The monoisotopic (exact) mass is 388 g/mol. The van der Waals surface area contributed by atoms with Crippen molar-refractivity contribution in [1.29, 1.82) is 0 Å². The SMILES string of the molecule is C=CCn1c(SCC(=O)N(C)Cc2ccsc2)nnc1-c1ccoc1C. The molecule has 3 aromatic heterocycles. The average molecular weight is 389 g/mol. The summed E-state index contributed by atoms with van der Waals surface area (Å²) in [5.41, 5.74) is 2.04. The van der Waals surface area contributed by atoms with E-state index in [9.17, 15) is 4.79 Å². The third kappa shape index (κ3) is 4.08. The average Bonchev–Trinajstić information content (AvgIpc) is 3.35. The Morgan fingerprint density at radius 3 is 2.96 bits per heavy atom. The molecule has 3 aromatic rings. The second-order valence-electron chi connectivity index (χ2n) is 5.77. The minimum absolute atomic E-state index is 0.0513. The number of aryl methyl sites for hydroxylation is 1. The first-order valence-corrected chi connectivity index (χ1v) is 9.99. The number of furan rings is 1. The molecule has 136 valence electrons. The first-order valence-electron chi connectivity index (χ1n) is 8.06. The molecule has 1 amide bonds. The van der Waals surface area contributed by atoms with Gasteiger partial charge in [-0.2, -0.15) is 11.3 Å². The highest BCUT2D eigenvalue weighted by atomic mass is 32.2. The van der Waals surface area contributed by atoms with Crippen molar-refractivity contribution in [3.05, 3.63) is 53.1 Å². The maximum atomic E-state index is 12.4. The smallest absolute Gasteiger partial charge is 0.233 e. The molecule has 0 atom stereocenters. The number of thiophene rings is 1. The summed E-state index contributed by atoms with van der Waals surface area (Å²) >= 11 is 3.01. The topological polar surface area (TPSA) is 64.2 Å². The molecule has 0 spiro atoms. The zero-order valence-corrected chi connectivity index (χ0v) is 16.3. The van der Waals surface area contributed by atoms with Crippen LogP contribution in [0.5, 0.6) is 0 Å². The van der Waals surface area contributed by atoms with Crippen molar-refractivity contribution < 1.29 is 9.21 Å². The number of amides is 1. The lowest BCUT2D eigenvalue weighted by molar-refractivity contribution is -0.127. The molecular weight excluding hydrogens is 368 g/mol. The maximum absolute atomic E-state index is 12.4. The predicted molar refractivity (Wildman–Crippen MR) is 104 cm³/mol. The normalized spacial score (nSPS) is 10.8. The standard InChI is InChI=1S/C18H20N4O2S2/c1-4-7-22-17(15-5-8-24-13(15)2)19-20-18(22)26-12-16(23)21(3)10-14-6-9-25-11-14/h4-6,8-9,11H,1,7,10,12H2,2-3H3. The minimum Gasteiger partial charge on any atom is -0.469 e. The number of hydrogen-bond acceptors (Lipinski definition) is 6. The molecule has 0 fully saturated rings. The van der Waals surface area contributed by atoms with E-state index in [1.165, 1.54) is 11.8 Å². The van der Waals surface area contributed by atoms with Gasteiger partial charge in [-0.1, -0.05) is 17.8 Å². The van der Waals surface area contributed by atoms with Crippen LogP contribution in [0.2, 0.25) is 0 Å². The summed E-state index contributed by atoms with van der Waals surface area (Å²) in [7, 11) is 1.81. The van der Waals surface area contributed by atoms with E-state index in [0.29, 0.717) is 24.0 Å². The van der Waals surface area contributed by atoms with Gasteiger partial charge in [-0.15, -0.1) is 16.8 Å². The van der Waals surface area contributed by atoms with Crippen LogP contribution < -0.4 is 0 Å². The van der Waals surface area contributed by atoms with E-state index in [-0.39, 0.29) is 5.91 Å². The summed E-state index contributed by atoms with van der Waals surface area (Å²) in [6.45, 7) is 6.87.